The van der Waals surface area contributed by atoms with Gasteiger partial charge < -0.3 is 63.4 Å². The van der Waals surface area contributed by atoms with Crippen LogP contribution in [0.15, 0.2) is 150 Å². The van der Waals surface area contributed by atoms with E-state index in [9.17, 15) is 52.8 Å². The molecule has 4 heterocycles. The molecule has 8 aromatic rings. The van der Waals surface area contributed by atoms with Crippen LogP contribution < -0.4 is 43.0 Å². The summed E-state index contributed by atoms with van der Waals surface area (Å²) in [6.45, 7) is 13.3. The standard InChI is InChI=1S/C22H26FN3O2S.C21H23ClFN3O2S.C21H24ClN3O2S.C21H24FN3O2S/c1-13-4-5-16(11-18(13)23)15-6-7-17(10-15)21(28)26-19(8-9-24-3)22-25-14(2)20(12-27)29-22;1-12-19(11-27)29-21(25-12)18(7-8-24-2)26-20(28)15-4-3-13(9-15)14-5-6-16(22)17(23)10-14;1-13-19(12-26)28-21(24-13)18(9-10-23-2)25-20(27)16-4-3-15(11-16)14-5-7-17(22)8-6-14;1-12-3-4-15(10-17(12)22)14-5-6-16(9-14)20(27)25-18(7-8-23)21-24-13(2)19(11-26)28-21/h4-7,11,19,24,27H,8-10,12H2,1-3H3,(H,26,28);3-6,10,18,24,27H,7-9,11H2,1-2H3,(H,26,28);3-8,18,23,26H,9-12H2,1-2H3,(H,25,27);3-6,10,18,26H,7-9,11,23H2,1-2H3,(H,25,27). The molecule has 4 aromatic heterocycles. The van der Waals surface area contributed by atoms with Crippen LogP contribution in [-0.4, -0.2) is 111 Å². The van der Waals surface area contributed by atoms with Gasteiger partial charge in [0.25, 0.3) is 0 Å². The molecule has 4 atom stereocenters. The van der Waals surface area contributed by atoms with Gasteiger partial charge in [0.05, 0.1) is 97.9 Å². The lowest BCUT2D eigenvalue weighted by Crippen LogP contribution is -2.31. The van der Waals surface area contributed by atoms with Crippen LogP contribution >= 0.6 is 68.5 Å². The highest BCUT2D eigenvalue weighted by Crippen LogP contribution is 2.37. The van der Waals surface area contributed by atoms with Gasteiger partial charge in [0, 0.05) is 53.0 Å². The van der Waals surface area contributed by atoms with Crippen molar-refractivity contribution >= 4 is 114 Å². The minimum absolute atomic E-state index is 0.0320. The van der Waals surface area contributed by atoms with Gasteiger partial charge in [0.1, 0.15) is 37.5 Å². The Morgan fingerprint density at radius 3 is 0.939 bits per heavy atom. The number of thiazole rings is 4. The quantitative estimate of drug-likeness (QED) is 0.0192. The molecule has 604 valence electrons. The number of aryl methyl sites for hydroxylation is 6. The van der Waals surface area contributed by atoms with Crippen molar-refractivity contribution in [3.63, 3.8) is 0 Å². The van der Waals surface area contributed by atoms with E-state index in [1.165, 1.54) is 69.6 Å². The first-order valence-corrected chi connectivity index (χ1v) is 41.3. The molecule has 20 nitrogen and oxygen atoms in total. The van der Waals surface area contributed by atoms with Crippen molar-refractivity contribution in [2.45, 2.75) is 144 Å². The van der Waals surface area contributed by atoms with Crippen LogP contribution in [0.5, 0.6) is 0 Å². The minimum atomic E-state index is -0.478. The molecule has 4 aliphatic carbocycles. The van der Waals surface area contributed by atoms with Crippen LogP contribution in [0.1, 0.15) is 171 Å². The van der Waals surface area contributed by atoms with Crippen LogP contribution in [0, 0.1) is 59.0 Å². The van der Waals surface area contributed by atoms with Crippen molar-refractivity contribution in [3.8, 4) is 0 Å². The molecular weight excluding hydrogens is 1570 g/mol. The van der Waals surface area contributed by atoms with Crippen molar-refractivity contribution in [2.75, 3.05) is 47.3 Å². The molecule has 29 heteroatoms. The Kier molecular flexibility index (Phi) is 33.9. The highest BCUT2D eigenvalue weighted by Gasteiger charge is 2.29. The fraction of sp³-hybridized carbons (Fsp3) is 0.341. The second kappa shape index (κ2) is 43.3. The maximum atomic E-state index is 13.9. The number of hydrogen-bond acceptors (Lipinski definition) is 20. The highest BCUT2D eigenvalue weighted by atomic mass is 35.5. The third-order valence-corrected chi connectivity index (χ3v) is 24.9. The molecule has 12 rings (SSSR count). The predicted octanol–water partition coefficient (Wildman–Crippen LogP) is 14.6. The Hall–Kier alpha value is -8.75. The fourth-order valence-electron chi connectivity index (χ4n) is 12.5. The molecule has 0 spiro atoms. The SMILES string of the molecule is CNCCC(NC(=O)C1=CC=C(c2ccc(C)c(F)c2)C1)c1nc(C)c(CO)s1.CNCCC(NC(=O)C1=CC=C(c2ccc(Cl)c(F)c2)C1)c1nc(C)c(CO)s1.CNCCC(NC(=O)C1=CC=C(c2ccc(Cl)cc2)C1)c1nc(C)c(CO)s1.Cc1ccc(C2=CC=C(C(=O)NC(CCN)c3nc(C)c(CO)s3)C2)cc1F. The molecule has 0 bridgehead atoms. The van der Waals surface area contributed by atoms with Gasteiger partial charge in [-0.3, -0.25) is 19.2 Å². The van der Waals surface area contributed by atoms with Crippen LogP contribution in [-0.2, 0) is 45.6 Å². The van der Waals surface area contributed by atoms with E-state index in [0.717, 1.165) is 126 Å². The third-order valence-electron chi connectivity index (χ3n) is 19.4. The summed E-state index contributed by atoms with van der Waals surface area (Å²) in [5.41, 5.74) is 19.8. The zero-order chi connectivity index (χ0) is 82.3. The van der Waals surface area contributed by atoms with Crippen LogP contribution in [0.4, 0.5) is 13.2 Å². The average Bonchev–Trinajstić information content (AvgIpc) is 1.61. The van der Waals surface area contributed by atoms with Crippen molar-refractivity contribution in [3.05, 3.63) is 273 Å². The van der Waals surface area contributed by atoms with E-state index in [2.05, 4.69) is 57.2 Å². The van der Waals surface area contributed by atoms with E-state index in [4.69, 9.17) is 28.9 Å². The number of aliphatic hydroxyl groups is 4. The normalized spacial score (nSPS) is 14.6. The number of allylic oxidation sites excluding steroid dienone is 12. The number of aromatic nitrogens is 4. The van der Waals surface area contributed by atoms with Crippen LogP contribution in [0.25, 0.3) is 22.3 Å². The van der Waals surface area contributed by atoms with E-state index in [1.54, 1.807) is 50.3 Å². The number of carbonyl (C=O) groups excluding carboxylic acids is 4. The number of benzene rings is 4. The molecule has 4 unspecified atom stereocenters. The van der Waals surface area contributed by atoms with Crippen molar-refractivity contribution in [1.82, 2.24) is 57.2 Å². The highest BCUT2D eigenvalue weighted by molar-refractivity contribution is 7.12. The Labute approximate surface area is 689 Å². The van der Waals surface area contributed by atoms with Gasteiger partial charge in [0.2, 0.25) is 23.6 Å². The van der Waals surface area contributed by atoms with Gasteiger partial charge in [-0.15, -0.1) is 45.3 Å². The van der Waals surface area contributed by atoms with Gasteiger partial charge in [0.15, 0.2) is 0 Å². The first kappa shape index (κ1) is 89.2. The Morgan fingerprint density at radius 2 is 0.675 bits per heavy atom. The lowest BCUT2D eigenvalue weighted by molar-refractivity contribution is -0.119. The smallest absolute Gasteiger partial charge is 0.248 e. The molecule has 0 radical (unpaired) electrons. The van der Waals surface area contributed by atoms with E-state index in [-0.39, 0.29) is 90.9 Å². The lowest BCUT2D eigenvalue weighted by Gasteiger charge is -2.17. The van der Waals surface area contributed by atoms with Gasteiger partial charge in [-0.2, -0.15) is 0 Å². The molecule has 4 aliphatic rings. The number of amides is 4. The zero-order valence-corrected chi connectivity index (χ0v) is 69.8. The largest absolute Gasteiger partial charge is 0.391 e. The Bertz CT molecular complexity index is 4870. The summed E-state index contributed by atoms with van der Waals surface area (Å²) >= 11 is 17.4. The second-order valence-corrected chi connectivity index (χ2v) is 32.8. The molecule has 114 heavy (non-hydrogen) atoms. The van der Waals surface area contributed by atoms with Crippen molar-refractivity contribution in [1.29, 1.82) is 0 Å². The monoisotopic (exact) mass is 1670 g/mol. The fourth-order valence-corrected chi connectivity index (χ4v) is 16.8. The number of nitrogens with two attached hydrogens (primary N) is 1. The van der Waals surface area contributed by atoms with Gasteiger partial charge in [-0.25, -0.2) is 33.1 Å². The topological polar surface area (TPSA) is 311 Å². The van der Waals surface area contributed by atoms with E-state index in [1.807, 2.05) is 116 Å². The summed E-state index contributed by atoms with van der Waals surface area (Å²) in [4.78, 5) is 72.7. The third kappa shape index (κ3) is 24.2. The van der Waals surface area contributed by atoms with Gasteiger partial charge in [-0.1, -0.05) is 114 Å². The number of nitrogens with zero attached hydrogens (tertiary/aromatic N) is 4. The summed E-state index contributed by atoms with van der Waals surface area (Å²) in [7, 11) is 5.60. The molecule has 0 saturated heterocycles. The predicted molar refractivity (Wildman–Crippen MR) is 452 cm³/mol. The molecule has 0 fully saturated rings. The van der Waals surface area contributed by atoms with Gasteiger partial charge in [-0.05, 0) is 207 Å². The van der Waals surface area contributed by atoms with Crippen molar-refractivity contribution in [2.24, 2.45) is 5.73 Å². The average molecular weight is 1670 g/mol. The maximum absolute atomic E-state index is 13.9. The van der Waals surface area contributed by atoms with Crippen LogP contribution in [0.3, 0.4) is 0 Å². The molecular formula is C85H97Cl2F3N12O8S4. The van der Waals surface area contributed by atoms with Crippen molar-refractivity contribution < 1.29 is 52.8 Å². The molecule has 4 amide bonds. The Morgan fingerprint density at radius 1 is 0.404 bits per heavy atom. The molecule has 13 N–H and O–H groups in total. The number of carbonyl (C=O) groups is 4. The summed E-state index contributed by atoms with van der Waals surface area (Å²) in [5, 5.41) is 63.2. The summed E-state index contributed by atoms with van der Waals surface area (Å²) in [6.07, 6.45) is 19.3. The van der Waals surface area contributed by atoms with Crippen LogP contribution in [0.2, 0.25) is 10.0 Å². The van der Waals surface area contributed by atoms with Gasteiger partial charge >= 0.3 is 0 Å². The number of aliphatic hydroxyl groups excluding tert-OH is 4. The zero-order valence-electron chi connectivity index (χ0n) is 65.1. The van der Waals surface area contributed by atoms with E-state index < -0.39 is 5.82 Å². The number of rotatable bonds is 31. The second-order valence-electron chi connectivity index (χ2n) is 27.5. The van der Waals surface area contributed by atoms with E-state index >= 15 is 0 Å². The first-order valence-electron chi connectivity index (χ1n) is 37.3. The maximum Gasteiger partial charge on any atom is 0.248 e. The summed E-state index contributed by atoms with van der Waals surface area (Å²) < 4.78 is 41.5. The number of hydrogen-bond donors (Lipinski definition) is 12. The lowest BCUT2D eigenvalue weighted by atomic mass is 10.0. The molecule has 0 aliphatic heterocycles. The first-order chi connectivity index (χ1) is 54.8. The number of nitrogens with one attached hydrogen (secondary N) is 7. The molecule has 4 aromatic carbocycles. The molecule has 0 saturated carbocycles. The minimum Gasteiger partial charge on any atom is -0.391 e. The van der Waals surface area contributed by atoms with E-state index in [0.29, 0.717) is 96.5 Å². The number of halogens is 5. The summed E-state index contributed by atoms with van der Waals surface area (Å²) in [5.74, 6) is -1.57. The summed E-state index contributed by atoms with van der Waals surface area (Å²) in [6, 6.07) is 21.6. The Balaban J connectivity index is 0.000000174.